The highest BCUT2D eigenvalue weighted by Gasteiger charge is 2.43. The van der Waals surface area contributed by atoms with Crippen LogP contribution in [0.5, 0.6) is 0 Å². The molecule has 0 aliphatic carbocycles. The molecule has 0 unspecified atom stereocenters. The van der Waals surface area contributed by atoms with Gasteiger partial charge < -0.3 is 20.1 Å². The van der Waals surface area contributed by atoms with Crippen molar-refractivity contribution in [3.05, 3.63) is 90.9 Å². The van der Waals surface area contributed by atoms with Crippen LogP contribution in [0.25, 0.3) is 0 Å². The maximum atomic E-state index is 14.3. The zero-order chi connectivity index (χ0) is 32.2. The summed E-state index contributed by atoms with van der Waals surface area (Å²) < 4.78 is 10.7. The molecule has 1 aliphatic heterocycles. The van der Waals surface area contributed by atoms with Gasteiger partial charge in [-0.3, -0.25) is 19.3 Å². The maximum absolute atomic E-state index is 14.3. The van der Waals surface area contributed by atoms with Gasteiger partial charge in [0.2, 0.25) is 11.9 Å². The number of ether oxygens (including phenoxy) is 2. The Bertz CT molecular complexity index is 1470. The van der Waals surface area contributed by atoms with Gasteiger partial charge in [-0.25, -0.2) is 19.7 Å². The lowest BCUT2D eigenvalue weighted by molar-refractivity contribution is -0.146. The van der Waals surface area contributed by atoms with Gasteiger partial charge in [-0.2, -0.15) is 0 Å². The number of carbonyl (C=O) groups is 4. The molecule has 0 radical (unpaired) electrons. The topological polar surface area (TPSA) is 153 Å². The molecule has 0 fully saturated rings. The Morgan fingerprint density at radius 3 is 2.47 bits per heavy atom. The Balaban J connectivity index is 1.58. The van der Waals surface area contributed by atoms with E-state index in [2.05, 4.69) is 32.2 Å². The summed E-state index contributed by atoms with van der Waals surface area (Å²) in [5.74, 6) is -1.88. The minimum atomic E-state index is -1.20. The number of carbonyl (C=O) groups excluding carboxylic acids is 4. The first-order chi connectivity index (χ1) is 21.8. The first kappa shape index (κ1) is 32.8. The number of benzene rings is 1. The summed E-state index contributed by atoms with van der Waals surface area (Å²) in [5.41, 5.74) is 1.50. The number of pyridine rings is 1. The molecule has 3 aromatic rings. The SMILES string of the molecule is C=CCOC(=O)[C@@H]1Cc2cccnc2N1C(=O)[C@H](CCC(=O)OCc1ccccc1)NC(=O)[C@@H](Nc1ncccn1)[C@@H](C)CC. The Labute approximate surface area is 262 Å². The average Bonchev–Trinajstić information content (AvgIpc) is 3.47. The van der Waals surface area contributed by atoms with Crippen LogP contribution in [0.2, 0.25) is 0 Å². The van der Waals surface area contributed by atoms with Gasteiger partial charge in [0.1, 0.15) is 37.2 Å². The van der Waals surface area contributed by atoms with Gasteiger partial charge >= 0.3 is 11.9 Å². The fourth-order valence-electron chi connectivity index (χ4n) is 4.91. The van der Waals surface area contributed by atoms with E-state index in [9.17, 15) is 19.2 Å². The number of nitrogens with zero attached hydrogens (tertiary/aromatic N) is 4. The molecular weight excluding hydrogens is 576 g/mol. The number of fused-ring (bicyclic) bond motifs is 1. The fourth-order valence-corrected chi connectivity index (χ4v) is 4.91. The first-order valence-corrected chi connectivity index (χ1v) is 14.9. The summed E-state index contributed by atoms with van der Waals surface area (Å²) in [7, 11) is 0. The number of hydrogen-bond acceptors (Lipinski definition) is 10. The molecule has 3 heterocycles. The third kappa shape index (κ3) is 8.71. The van der Waals surface area contributed by atoms with Gasteiger partial charge in [-0.1, -0.05) is 69.3 Å². The lowest BCUT2D eigenvalue weighted by Gasteiger charge is -2.30. The average molecular weight is 615 g/mol. The van der Waals surface area contributed by atoms with E-state index < -0.39 is 41.9 Å². The molecule has 4 rings (SSSR count). The zero-order valence-corrected chi connectivity index (χ0v) is 25.4. The number of esters is 2. The molecular formula is C33H38N6O6. The second-order valence-electron chi connectivity index (χ2n) is 10.7. The van der Waals surface area contributed by atoms with Crippen LogP contribution in [0.4, 0.5) is 11.8 Å². The molecule has 0 spiro atoms. The number of nitrogens with one attached hydrogen (secondary N) is 2. The minimum absolute atomic E-state index is 0.0294. The van der Waals surface area contributed by atoms with Crippen molar-refractivity contribution in [1.82, 2.24) is 20.3 Å². The number of amides is 2. The van der Waals surface area contributed by atoms with E-state index in [1.54, 1.807) is 30.6 Å². The van der Waals surface area contributed by atoms with Gasteiger partial charge in [0.15, 0.2) is 0 Å². The molecule has 236 valence electrons. The fraction of sp³-hybridized carbons (Fsp3) is 0.364. The van der Waals surface area contributed by atoms with Crippen LogP contribution in [-0.2, 0) is 41.7 Å². The monoisotopic (exact) mass is 614 g/mol. The van der Waals surface area contributed by atoms with E-state index in [1.807, 2.05) is 44.2 Å². The lowest BCUT2D eigenvalue weighted by atomic mass is 9.97. The van der Waals surface area contributed by atoms with E-state index in [0.29, 0.717) is 17.8 Å². The zero-order valence-electron chi connectivity index (χ0n) is 25.4. The van der Waals surface area contributed by atoms with Crippen molar-refractivity contribution in [2.45, 2.75) is 64.3 Å². The maximum Gasteiger partial charge on any atom is 0.329 e. The molecule has 45 heavy (non-hydrogen) atoms. The molecule has 4 atom stereocenters. The Morgan fingerprint density at radius 2 is 1.76 bits per heavy atom. The highest BCUT2D eigenvalue weighted by molar-refractivity contribution is 6.05. The third-order valence-electron chi connectivity index (χ3n) is 7.51. The summed E-state index contributed by atoms with van der Waals surface area (Å²) >= 11 is 0. The van der Waals surface area contributed by atoms with Crippen LogP contribution in [0.15, 0.2) is 79.8 Å². The molecule has 12 heteroatoms. The van der Waals surface area contributed by atoms with E-state index in [0.717, 1.165) is 5.56 Å². The summed E-state index contributed by atoms with van der Waals surface area (Å²) in [4.78, 5) is 67.9. The predicted molar refractivity (Wildman–Crippen MR) is 167 cm³/mol. The molecule has 1 aliphatic rings. The van der Waals surface area contributed by atoms with Crippen molar-refractivity contribution in [2.24, 2.45) is 5.92 Å². The van der Waals surface area contributed by atoms with Crippen molar-refractivity contribution < 1.29 is 28.7 Å². The van der Waals surface area contributed by atoms with Crippen LogP contribution < -0.4 is 15.5 Å². The largest absolute Gasteiger partial charge is 0.461 e. The summed E-state index contributed by atoms with van der Waals surface area (Å²) in [6, 6.07) is 11.4. The minimum Gasteiger partial charge on any atom is -0.461 e. The molecule has 2 aromatic heterocycles. The van der Waals surface area contributed by atoms with Crippen molar-refractivity contribution in [3.63, 3.8) is 0 Å². The van der Waals surface area contributed by atoms with E-state index >= 15 is 0 Å². The summed E-state index contributed by atoms with van der Waals surface area (Å²) in [6.07, 6.45) is 6.65. The molecule has 0 saturated carbocycles. The molecule has 12 nitrogen and oxygen atoms in total. The van der Waals surface area contributed by atoms with Crippen LogP contribution in [0.3, 0.4) is 0 Å². The number of anilines is 2. The highest BCUT2D eigenvalue weighted by Crippen LogP contribution is 2.31. The van der Waals surface area contributed by atoms with Gasteiger partial charge in [0, 0.05) is 31.4 Å². The van der Waals surface area contributed by atoms with Crippen LogP contribution in [0.1, 0.15) is 44.2 Å². The number of aromatic nitrogens is 3. The number of hydrogen-bond donors (Lipinski definition) is 2. The van der Waals surface area contributed by atoms with Crippen LogP contribution in [0, 0.1) is 5.92 Å². The Hall–Kier alpha value is -5.13. The van der Waals surface area contributed by atoms with Crippen molar-refractivity contribution >= 4 is 35.5 Å². The van der Waals surface area contributed by atoms with Gasteiger partial charge in [-0.05, 0) is 35.6 Å². The molecule has 2 N–H and O–H groups in total. The Kier molecular flexibility index (Phi) is 11.7. The van der Waals surface area contributed by atoms with Crippen molar-refractivity contribution in [1.29, 1.82) is 0 Å². The molecule has 0 saturated heterocycles. The van der Waals surface area contributed by atoms with Crippen LogP contribution >= 0.6 is 0 Å². The van der Waals surface area contributed by atoms with E-state index in [4.69, 9.17) is 9.47 Å². The predicted octanol–water partition coefficient (Wildman–Crippen LogP) is 3.39. The summed E-state index contributed by atoms with van der Waals surface area (Å²) in [5, 5.41) is 5.91. The lowest BCUT2D eigenvalue weighted by Crippen LogP contribution is -2.56. The molecule has 0 bridgehead atoms. The number of rotatable bonds is 15. The highest BCUT2D eigenvalue weighted by atomic mass is 16.5. The van der Waals surface area contributed by atoms with E-state index in [-0.39, 0.29) is 44.3 Å². The van der Waals surface area contributed by atoms with Gasteiger partial charge in [0.25, 0.3) is 5.91 Å². The van der Waals surface area contributed by atoms with E-state index in [1.165, 1.54) is 17.2 Å². The molecule has 2 amide bonds. The van der Waals surface area contributed by atoms with Crippen molar-refractivity contribution in [3.8, 4) is 0 Å². The summed E-state index contributed by atoms with van der Waals surface area (Å²) in [6.45, 7) is 7.46. The first-order valence-electron chi connectivity index (χ1n) is 14.9. The van der Waals surface area contributed by atoms with Gasteiger partial charge in [-0.15, -0.1) is 0 Å². The third-order valence-corrected chi connectivity index (χ3v) is 7.51. The normalized spacial score (nSPS) is 15.6. The van der Waals surface area contributed by atoms with Crippen molar-refractivity contribution in [2.75, 3.05) is 16.8 Å². The Morgan fingerprint density at radius 1 is 1.02 bits per heavy atom. The second-order valence-corrected chi connectivity index (χ2v) is 10.7. The molecule has 1 aromatic carbocycles. The van der Waals surface area contributed by atoms with Crippen LogP contribution in [-0.4, -0.2) is 63.4 Å². The van der Waals surface area contributed by atoms with Gasteiger partial charge in [0.05, 0.1) is 0 Å². The standard InChI is InChI=1S/C33H38N6O6/c1-4-19-44-32(43)26-20-24-13-9-16-34-29(24)39(26)31(42)25(14-15-27(40)45-21-23-11-7-6-8-12-23)37-30(41)28(22(3)5-2)38-33-35-17-10-18-36-33/h4,6-13,16-18,22,25-26,28H,1,5,14-15,19-21H2,2-3H3,(H,37,41)(H,35,36,38)/t22-,25-,26-,28-/m0/s1. The smallest absolute Gasteiger partial charge is 0.329 e. The quantitative estimate of drug-likeness (QED) is 0.192. The second kappa shape index (κ2) is 16.1.